The monoisotopic (exact) mass is 186 g/mol. The van der Waals surface area contributed by atoms with Gasteiger partial charge in [0, 0.05) is 13.5 Å². The summed E-state index contributed by atoms with van der Waals surface area (Å²) >= 11 is 0. The molecule has 0 bridgehead atoms. The fourth-order valence-corrected chi connectivity index (χ4v) is 1.86. The van der Waals surface area contributed by atoms with Gasteiger partial charge in [0.05, 0.1) is 6.10 Å². The molecule has 0 radical (unpaired) electrons. The van der Waals surface area contributed by atoms with Gasteiger partial charge in [-0.25, -0.2) is 0 Å². The van der Waals surface area contributed by atoms with Crippen LogP contribution < -0.4 is 0 Å². The molecule has 0 aromatic heterocycles. The van der Waals surface area contributed by atoms with Crippen molar-refractivity contribution in [3.63, 3.8) is 0 Å². The van der Waals surface area contributed by atoms with Crippen molar-refractivity contribution < 1.29 is 9.47 Å². The number of hydrogen-bond donors (Lipinski definition) is 0. The van der Waals surface area contributed by atoms with E-state index in [0.29, 0.717) is 6.10 Å². The Bertz CT molecular complexity index is 125. The summed E-state index contributed by atoms with van der Waals surface area (Å²) in [5, 5.41) is 0. The van der Waals surface area contributed by atoms with Crippen molar-refractivity contribution in [1.29, 1.82) is 0 Å². The Kier molecular flexibility index (Phi) is 5.40. The fourth-order valence-electron chi connectivity index (χ4n) is 1.86. The maximum Gasteiger partial charge on any atom is 0.157 e. The Hall–Kier alpha value is -0.0800. The highest BCUT2D eigenvalue weighted by Gasteiger charge is 2.23. The van der Waals surface area contributed by atoms with Crippen LogP contribution >= 0.6 is 0 Å². The van der Waals surface area contributed by atoms with E-state index in [0.717, 1.165) is 6.42 Å². The third-order valence-electron chi connectivity index (χ3n) is 2.71. The summed E-state index contributed by atoms with van der Waals surface area (Å²) in [6, 6.07) is 0. The number of methoxy groups -OCH3 is 1. The summed E-state index contributed by atoms with van der Waals surface area (Å²) in [6.45, 7) is 2.24. The normalized spacial score (nSPS) is 28.2. The van der Waals surface area contributed by atoms with E-state index in [1.54, 1.807) is 7.11 Å². The van der Waals surface area contributed by atoms with Crippen molar-refractivity contribution in [2.45, 2.75) is 64.3 Å². The summed E-state index contributed by atoms with van der Waals surface area (Å²) in [7, 11) is 1.73. The predicted octanol–water partition coefficient (Wildman–Crippen LogP) is 3.11. The molecule has 1 rings (SSSR count). The fraction of sp³-hybridized carbons (Fsp3) is 1.00. The number of unbranched alkanes of at least 4 members (excludes halogenated alkanes) is 3. The lowest BCUT2D eigenvalue weighted by atomic mass is 10.1. The van der Waals surface area contributed by atoms with E-state index in [-0.39, 0.29) is 6.29 Å². The maximum atomic E-state index is 5.67. The van der Waals surface area contributed by atoms with Crippen molar-refractivity contribution in [3.8, 4) is 0 Å². The minimum Gasteiger partial charge on any atom is -0.356 e. The summed E-state index contributed by atoms with van der Waals surface area (Å²) in [5.41, 5.74) is 0. The maximum absolute atomic E-state index is 5.67. The molecule has 1 heterocycles. The van der Waals surface area contributed by atoms with E-state index >= 15 is 0 Å². The minimum atomic E-state index is 0.0798. The topological polar surface area (TPSA) is 18.5 Å². The molecule has 2 nitrogen and oxygen atoms in total. The van der Waals surface area contributed by atoms with Crippen LogP contribution in [0.5, 0.6) is 0 Å². The van der Waals surface area contributed by atoms with Crippen LogP contribution in [0.2, 0.25) is 0 Å². The lowest BCUT2D eigenvalue weighted by Gasteiger charge is -2.11. The molecule has 1 saturated heterocycles. The zero-order valence-corrected chi connectivity index (χ0v) is 8.92. The highest BCUT2D eigenvalue weighted by molar-refractivity contribution is 4.67. The van der Waals surface area contributed by atoms with E-state index in [1.165, 1.54) is 38.5 Å². The summed E-state index contributed by atoms with van der Waals surface area (Å²) < 4.78 is 10.8. The van der Waals surface area contributed by atoms with E-state index in [1.807, 2.05) is 0 Å². The lowest BCUT2D eigenvalue weighted by Crippen LogP contribution is -2.12. The molecule has 13 heavy (non-hydrogen) atoms. The van der Waals surface area contributed by atoms with Gasteiger partial charge in [-0.3, -0.25) is 0 Å². The van der Waals surface area contributed by atoms with Crippen molar-refractivity contribution in [2.24, 2.45) is 0 Å². The second-order valence-electron chi connectivity index (χ2n) is 3.85. The molecule has 1 aliphatic rings. The second kappa shape index (κ2) is 6.39. The molecule has 2 heteroatoms. The van der Waals surface area contributed by atoms with Crippen molar-refractivity contribution in [3.05, 3.63) is 0 Å². The number of ether oxygens (including phenoxy) is 2. The summed E-state index contributed by atoms with van der Waals surface area (Å²) in [4.78, 5) is 0. The smallest absolute Gasteiger partial charge is 0.157 e. The van der Waals surface area contributed by atoms with Crippen LogP contribution in [-0.4, -0.2) is 19.5 Å². The highest BCUT2D eigenvalue weighted by Crippen LogP contribution is 2.24. The van der Waals surface area contributed by atoms with Crippen molar-refractivity contribution in [1.82, 2.24) is 0 Å². The lowest BCUT2D eigenvalue weighted by molar-refractivity contribution is -0.116. The van der Waals surface area contributed by atoms with Crippen LogP contribution in [0.4, 0.5) is 0 Å². The van der Waals surface area contributed by atoms with Gasteiger partial charge in [-0.2, -0.15) is 0 Å². The average molecular weight is 186 g/mol. The average Bonchev–Trinajstić information content (AvgIpc) is 2.60. The predicted molar refractivity (Wildman–Crippen MR) is 53.7 cm³/mol. The van der Waals surface area contributed by atoms with E-state index in [4.69, 9.17) is 9.47 Å². The second-order valence-corrected chi connectivity index (χ2v) is 3.85. The van der Waals surface area contributed by atoms with Crippen LogP contribution in [-0.2, 0) is 9.47 Å². The molecular weight excluding hydrogens is 164 g/mol. The first-order valence-corrected chi connectivity index (χ1v) is 5.55. The van der Waals surface area contributed by atoms with Gasteiger partial charge in [0.2, 0.25) is 0 Å². The highest BCUT2D eigenvalue weighted by atomic mass is 16.7. The molecule has 0 amide bonds. The molecular formula is C11H22O2. The van der Waals surface area contributed by atoms with Gasteiger partial charge in [-0.05, 0) is 12.8 Å². The molecule has 1 fully saturated rings. The van der Waals surface area contributed by atoms with Gasteiger partial charge in [0.1, 0.15) is 0 Å². The van der Waals surface area contributed by atoms with Crippen LogP contribution in [0.25, 0.3) is 0 Å². The Balaban J connectivity index is 1.97. The van der Waals surface area contributed by atoms with Crippen LogP contribution in [0.3, 0.4) is 0 Å². The largest absolute Gasteiger partial charge is 0.356 e. The van der Waals surface area contributed by atoms with Crippen LogP contribution in [0, 0.1) is 0 Å². The van der Waals surface area contributed by atoms with Crippen LogP contribution in [0.1, 0.15) is 51.9 Å². The Morgan fingerprint density at radius 2 is 2.08 bits per heavy atom. The molecule has 0 saturated carbocycles. The van der Waals surface area contributed by atoms with Gasteiger partial charge < -0.3 is 9.47 Å². The number of rotatable bonds is 6. The molecule has 0 aromatic rings. The molecule has 0 spiro atoms. The molecule has 0 N–H and O–H groups in total. The third kappa shape index (κ3) is 4.10. The van der Waals surface area contributed by atoms with Crippen molar-refractivity contribution >= 4 is 0 Å². The first-order valence-electron chi connectivity index (χ1n) is 5.55. The Morgan fingerprint density at radius 3 is 2.69 bits per heavy atom. The third-order valence-corrected chi connectivity index (χ3v) is 2.71. The van der Waals surface area contributed by atoms with E-state index in [9.17, 15) is 0 Å². The molecule has 2 atom stereocenters. The quantitative estimate of drug-likeness (QED) is 0.593. The zero-order chi connectivity index (χ0) is 9.52. The van der Waals surface area contributed by atoms with Crippen molar-refractivity contribution in [2.75, 3.05) is 7.11 Å². The van der Waals surface area contributed by atoms with Gasteiger partial charge in [0.25, 0.3) is 0 Å². The van der Waals surface area contributed by atoms with E-state index in [2.05, 4.69) is 6.92 Å². The summed E-state index contributed by atoms with van der Waals surface area (Å²) in [5.74, 6) is 0. The molecule has 0 aromatic carbocycles. The first kappa shape index (κ1) is 11.0. The molecule has 1 aliphatic heterocycles. The SMILES string of the molecule is CCCCCCC1CCC(OC)O1. The molecule has 2 unspecified atom stereocenters. The van der Waals surface area contributed by atoms with Gasteiger partial charge in [0.15, 0.2) is 6.29 Å². The van der Waals surface area contributed by atoms with Gasteiger partial charge in [-0.15, -0.1) is 0 Å². The summed E-state index contributed by atoms with van der Waals surface area (Å²) in [6.07, 6.45) is 9.38. The van der Waals surface area contributed by atoms with Gasteiger partial charge in [-0.1, -0.05) is 32.6 Å². The standard InChI is InChI=1S/C11H22O2/c1-3-4-5-6-7-10-8-9-11(12-2)13-10/h10-11H,3-9H2,1-2H3. The minimum absolute atomic E-state index is 0.0798. The van der Waals surface area contributed by atoms with E-state index < -0.39 is 0 Å². The Morgan fingerprint density at radius 1 is 1.23 bits per heavy atom. The molecule has 0 aliphatic carbocycles. The van der Waals surface area contributed by atoms with Gasteiger partial charge >= 0.3 is 0 Å². The van der Waals surface area contributed by atoms with Crippen LogP contribution in [0.15, 0.2) is 0 Å². The molecule has 78 valence electrons. The first-order chi connectivity index (χ1) is 6.36. The zero-order valence-electron chi connectivity index (χ0n) is 8.92. The number of hydrogen-bond acceptors (Lipinski definition) is 2. The Labute approximate surface area is 81.6 Å².